The van der Waals surface area contributed by atoms with Crippen LogP contribution in [-0.2, 0) is 11.3 Å². The Balaban J connectivity index is 1.67. The number of rotatable bonds is 3. The molecule has 3 amide bonds. The molecule has 0 radical (unpaired) electrons. The van der Waals surface area contributed by atoms with Gasteiger partial charge in [-0.1, -0.05) is 30.3 Å². The topological polar surface area (TPSA) is 99.3 Å². The average molecular weight is 365 g/mol. The smallest absolute Gasteiger partial charge is 0.412 e. The Morgan fingerprint density at radius 1 is 1.30 bits per heavy atom. The van der Waals surface area contributed by atoms with Crippen molar-refractivity contribution in [1.29, 1.82) is 0 Å². The van der Waals surface area contributed by atoms with E-state index in [0.29, 0.717) is 17.9 Å². The van der Waals surface area contributed by atoms with Crippen molar-refractivity contribution in [3.05, 3.63) is 53.6 Å². The van der Waals surface area contributed by atoms with E-state index in [1.807, 2.05) is 49.4 Å². The van der Waals surface area contributed by atoms with E-state index in [-0.39, 0.29) is 12.1 Å². The summed E-state index contributed by atoms with van der Waals surface area (Å²) in [7, 11) is 1.30. The molecule has 0 bridgehead atoms. The molecule has 8 heteroatoms. The molecule has 1 aliphatic rings. The molecule has 0 aliphatic carbocycles. The normalized spacial score (nSPS) is 14.4. The number of H-pyrrole nitrogens is 1. The first-order chi connectivity index (χ1) is 13.1. The first kappa shape index (κ1) is 16.9. The molecular weight excluding hydrogens is 346 g/mol. The van der Waals surface area contributed by atoms with Gasteiger partial charge in [-0.15, -0.1) is 0 Å². The zero-order valence-electron chi connectivity index (χ0n) is 14.9. The number of hydrogen-bond donors (Lipinski definition) is 3. The number of benzene rings is 2. The lowest BCUT2D eigenvalue weighted by Crippen LogP contribution is -2.40. The van der Waals surface area contributed by atoms with Crippen LogP contribution in [0.3, 0.4) is 0 Å². The number of methoxy groups -OCH3 is 1. The van der Waals surface area contributed by atoms with E-state index in [9.17, 15) is 9.59 Å². The van der Waals surface area contributed by atoms with Crippen LogP contribution in [0.2, 0.25) is 0 Å². The molecular formula is C19H19N5O3. The second kappa shape index (κ2) is 6.64. The van der Waals surface area contributed by atoms with Crippen LogP contribution in [-0.4, -0.2) is 34.3 Å². The highest BCUT2D eigenvalue weighted by atomic mass is 16.5. The van der Waals surface area contributed by atoms with Crippen LogP contribution in [0.1, 0.15) is 24.1 Å². The van der Waals surface area contributed by atoms with Crippen molar-refractivity contribution in [3.8, 4) is 0 Å². The lowest BCUT2D eigenvalue weighted by molar-refractivity contribution is 0.186. The maximum atomic E-state index is 12.6. The van der Waals surface area contributed by atoms with E-state index in [2.05, 4.69) is 25.6 Å². The van der Waals surface area contributed by atoms with Crippen molar-refractivity contribution >= 4 is 34.5 Å². The Bertz CT molecular complexity index is 1010. The number of ether oxygens (including phenoxy) is 1. The fourth-order valence-electron chi connectivity index (χ4n) is 3.27. The number of nitrogens with zero attached hydrogens (tertiary/aromatic N) is 2. The van der Waals surface area contributed by atoms with E-state index >= 15 is 0 Å². The number of aromatic nitrogens is 2. The number of hydrogen-bond acceptors (Lipinski definition) is 4. The zero-order valence-corrected chi connectivity index (χ0v) is 14.9. The molecule has 2 heterocycles. The van der Waals surface area contributed by atoms with E-state index in [4.69, 9.17) is 0 Å². The second-order valence-corrected chi connectivity index (χ2v) is 6.39. The Morgan fingerprint density at radius 3 is 2.81 bits per heavy atom. The van der Waals surface area contributed by atoms with Gasteiger partial charge in [0.15, 0.2) is 5.82 Å². The Morgan fingerprint density at radius 2 is 2.07 bits per heavy atom. The third kappa shape index (κ3) is 3.05. The average Bonchev–Trinajstić information content (AvgIpc) is 3.07. The van der Waals surface area contributed by atoms with Crippen LogP contribution >= 0.6 is 0 Å². The van der Waals surface area contributed by atoms with Crippen LogP contribution in [0.15, 0.2) is 42.5 Å². The number of urea groups is 1. The van der Waals surface area contributed by atoms with Gasteiger partial charge in [0.05, 0.1) is 25.2 Å². The van der Waals surface area contributed by atoms with E-state index < -0.39 is 6.09 Å². The number of nitrogens with one attached hydrogen (secondary N) is 3. The highest BCUT2D eigenvalue weighted by molar-refractivity contribution is 6.01. The molecule has 0 fully saturated rings. The van der Waals surface area contributed by atoms with Crippen LogP contribution in [0.4, 0.5) is 21.1 Å². The lowest BCUT2D eigenvalue weighted by Gasteiger charge is -2.34. The summed E-state index contributed by atoms with van der Waals surface area (Å²) in [6.45, 7) is 2.45. The van der Waals surface area contributed by atoms with Gasteiger partial charge < -0.3 is 15.0 Å². The minimum Gasteiger partial charge on any atom is -0.453 e. The van der Waals surface area contributed by atoms with Gasteiger partial charge in [-0.2, -0.15) is 5.10 Å². The van der Waals surface area contributed by atoms with Gasteiger partial charge in [0, 0.05) is 11.1 Å². The molecule has 3 N–H and O–H groups in total. The fourth-order valence-corrected chi connectivity index (χ4v) is 3.27. The predicted molar refractivity (Wildman–Crippen MR) is 102 cm³/mol. The largest absolute Gasteiger partial charge is 0.453 e. The molecule has 138 valence electrons. The zero-order chi connectivity index (χ0) is 19.0. The summed E-state index contributed by atoms with van der Waals surface area (Å²) >= 11 is 0. The highest BCUT2D eigenvalue weighted by Gasteiger charge is 2.28. The molecule has 8 nitrogen and oxygen atoms in total. The van der Waals surface area contributed by atoms with Crippen molar-refractivity contribution in [2.24, 2.45) is 0 Å². The quantitative estimate of drug-likeness (QED) is 0.656. The monoisotopic (exact) mass is 365 g/mol. The molecule has 0 saturated carbocycles. The Labute approximate surface area is 155 Å². The summed E-state index contributed by atoms with van der Waals surface area (Å²) in [5.74, 6) is 0.388. The van der Waals surface area contributed by atoms with Crippen LogP contribution in [0.25, 0.3) is 10.9 Å². The fraction of sp³-hybridized carbons (Fsp3) is 0.211. The molecule has 2 aromatic carbocycles. The van der Waals surface area contributed by atoms with Gasteiger partial charge in [0.1, 0.15) is 0 Å². The van der Waals surface area contributed by atoms with Crippen molar-refractivity contribution in [3.63, 3.8) is 0 Å². The maximum absolute atomic E-state index is 12.6. The first-order valence-corrected chi connectivity index (χ1v) is 8.55. The van der Waals surface area contributed by atoms with Gasteiger partial charge in [0.2, 0.25) is 0 Å². The van der Waals surface area contributed by atoms with Gasteiger partial charge in [-0.3, -0.25) is 10.4 Å². The minimum atomic E-state index is -0.589. The Kier molecular flexibility index (Phi) is 4.15. The number of carbonyl (C=O) groups is 2. The molecule has 0 spiro atoms. The molecule has 3 aromatic rings. The van der Waals surface area contributed by atoms with Crippen molar-refractivity contribution in [2.75, 3.05) is 17.7 Å². The minimum absolute atomic E-state index is 0.0768. The standard InChI is InChI=1S/C19H19N5O3/c1-11(12-6-4-3-5-7-12)24-10-13-8-14-16(9-15(13)20-18(24)25)22-23-17(14)21-19(26)27-2/h3-9,11H,10H2,1-2H3,(H,20,25)(H2,21,22,23,26)/t11-/m1/s1. The molecule has 1 atom stereocenters. The molecule has 1 aliphatic heterocycles. The van der Waals surface area contributed by atoms with E-state index in [1.165, 1.54) is 7.11 Å². The van der Waals surface area contributed by atoms with Crippen molar-refractivity contribution < 1.29 is 14.3 Å². The Hall–Kier alpha value is -3.55. The summed E-state index contributed by atoms with van der Waals surface area (Å²) < 4.78 is 4.63. The maximum Gasteiger partial charge on any atom is 0.412 e. The SMILES string of the molecule is COC(=O)Nc1n[nH]c2cc3c(cc12)CN([C@H](C)c1ccccc1)C(=O)N3. The highest BCUT2D eigenvalue weighted by Crippen LogP contribution is 2.34. The summed E-state index contributed by atoms with van der Waals surface area (Å²) in [5.41, 5.74) is 3.45. The van der Waals surface area contributed by atoms with Gasteiger partial charge >= 0.3 is 12.1 Å². The second-order valence-electron chi connectivity index (χ2n) is 6.39. The first-order valence-electron chi connectivity index (χ1n) is 8.55. The van der Waals surface area contributed by atoms with E-state index in [1.54, 1.807) is 4.90 Å². The van der Waals surface area contributed by atoms with Gasteiger partial charge in [0.25, 0.3) is 0 Å². The van der Waals surface area contributed by atoms with Crippen LogP contribution in [0, 0.1) is 0 Å². The summed E-state index contributed by atoms with van der Waals surface area (Å²) in [5, 5.41) is 13.2. The van der Waals surface area contributed by atoms with E-state index in [0.717, 1.165) is 22.2 Å². The number of anilines is 2. The number of aromatic amines is 1. The number of fused-ring (bicyclic) bond motifs is 2. The van der Waals surface area contributed by atoms with Gasteiger partial charge in [-0.05, 0) is 30.2 Å². The molecule has 1 aromatic heterocycles. The number of amides is 3. The third-order valence-electron chi connectivity index (χ3n) is 4.79. The third-order valence-corrected chi connectivity index (χ3v) is 4.79. The van der Waals surface area contributed by atoms with Crippen molar-refractivity contribution in [1.82, 2.24) is 15.1 Å². The summed E-state index contributed by atoms with van der Waals surface area (Å²) in [6.07, 6.45) is -0.589. The summed E-state index contributed by atoms with van der Waals surface area (Å²) in [4.78, 5) is 25.9. The van der Waals surface area contributed by atoms with Crippen molar-refractivity contribution in [2.45, 2.75) is 19.5 Å². The summed E-state index contributed by atoms with van der Waals surface area (Å²) in [6, 6.07) is 13.4. The predicted octanol–water partition coefficient (Wildman–Crippen LogP) is 3.85. The number of carbonyl (C=O) groups excluding carboxylic acids is 2. The lowest BCUT2D eigenvalue weighted by atomic mass is 10.0. The van der Waals surface area contributed by atoms with Gasteiger partial charge in [-0.25, -0.2) is 9.59 Å². The molecule has 4 rings (SSSR count). The molecule has 0 saturated heterocycles. The van der Waals surface area contributed by atoms with Crippen LogP contribution in [0.5, 0.6) is 0 Å². The van der Waals surface area contributed by atoms with Crippen LogP contribution < -0.4 is 10.6 Å². The molecule has 0 unspecified atom stereocenters. The molecule has 27 heavy (non-hydrogen) atoms.